The zero-order valence-electron chi connectivity index (χ0n) is 11.2. The molecule has 0 aliphatic carbocycles. The molecular formula is C16H15N3O. The summed E-state index contributed by atoms with van der Waals surface area (Å²) in [6.07, 6.45) is 0. The average molecular weight is 265 g/mol. The zero-order valence-corrected chi connectivity index (χ0v) is 11.2. The molecule has 0 saturated carbocycles. The van der Waals surface area contributed by atoms with Crippen molar-refractivity contribution in [2.24, 2.45) is 0 Å². The summed E-state index contributed by atoms with van der Waals surface area (Å²) in [6.45, 7) is 2.39. The van der Waals surface area contributed by atoms with Gasteiger partial charge in [-0.15, -0.1) is 0 Å². The largest absolute Gasteiger partial charge is 0.397 e. The van der Waals surface area contributed by atoms with Crippen molar-refractivity contribution >= 4 is 17.3 Å². The van der Waals surface area contributed by atoms with E-state index in [-0.39, 0.29) is 5.91 Å². The first kappa shape index (κ1) is 13.6. The number of benzene rings is 2. The van der Waals surface area contributed by atoms with Gasteiger partial charge >= 0.3 is 0 Å². The average Bonchev–Trinajstić information content (AvgIpc) is 2.49. The van der Waals surface area contributed by atoms with Gasteiger partial charge in [0.2, 0.25) is 0 Å². The first-order valence-corrected chi connectivity index (χ1v) is 6.34. The van der Waals surface area contributed by atoms with Crippen molar-refractivity contribution in [2.75, 3.05) is 17.2 Å². The SMILES string of the molecule is CCN(C(=O)c1cccc(C#N)c1)c1ccccc1N. The van der Waals surface area contributed by atoms with E-state index in [0.717, 1.165) is 0 Å². The molecule has 4 nitrogen and oxygen atoms in total. The number of para-hydroxylation sites is 2. The van der Waals surface area contributed by atoms with E-state index < -0.39 is 0 Å². The molecule has 0 fully saturated rings. The second kappa shape index (κ2) is 5.89. The molecule has 0 aliphatic heterocycles. The molecule has 0 saturated heterocycles. The molecule has 0 aromatic heterocycles. The summed E-state index contributed by atoms with van der Waals surface area (Å²) in [5.41, 5.74) is 8.11. The highest BCUT2D eigenvalue weighted by Crippen LogP contribution is 2.24. The van der Waals surface area contributed by atoms with Crippen molar-refractivity contribution in [1.82, 2.24) is 0 Å². The van der Waals surface area contributed by atoms with E-state index >= 15 is 0 Å². The van der Waals surface area contributed by atoms with Gasteiger partial charge in [-0.1, -0.05) is 18.2 Å². The molecule has 1 amide bonds. The number of amides is 1. The first-order chi connectivity index (χ1) is 9.67. The lowest BCUT2D eigenvalue weighted by Gasteiger charge is -2.22. The molecule has 0 heterocycles. The molecule has 4 heteroatoms. The predicted molar refractivity (Wildman–Crippen MR) is 79.4 cm³/mol. The quantitative estimate of drug-likeness (QED) is 0.867. The van der Waals surface area contributed by atoms with Crippen molar-refractivity contribution in [3.05, 3.63) is 59.7 Å². The molecule has 0 unspecified atom stereocenters. The fourth-order valence-corrected chi connectivity index (χ4v) is 2.03. The van der Waals surface area contributed by atoms with E-state index in [9.17, 15) is 4.79 Å². The summed E-state index contributed by atoms with van der Waals surface area (Å²) in [6, 6.07) is 15.9. The Morgan fingerprint density at radius 2 is 2.00 bits per heavy atom. The number of carbonyl (C=O) groups is 1. The number of rotatable bonds is 3. The minimum atomic E-state index is -0.164. The van der Waals surface area contributed by atoms with E-state index in [1.807, 2.05) is 31.2 Å². The molecule has 2 N–H and O–H groups in total. The van der Waals surface area contributed by atoms with Crippen LogP contribution in [0.3, 0.4) is 0 Å². The third kappa shape index (κ3) is 2.62. The third-order valence-corrected chi connectivity index (χ3v) is 3.03. The number of nitriles is 1. The lowest BCUT2D eigenvalue weighted by atomic mass is 10.1. The van der Waals surface area contributed by atoms with Gasteiger partial charge < -0.3 is 10.6 Å². The number of hydrogen-bond acceptors (Lipinski definition) is 3. The van der Waals surface area contributed by atoms with Crippen molar-refractivity contribution in [2.45, 2.75) is 6.92 Å². The van der Waals surface area contributed by atoms with Crippen LogP contribution in [0.1, 0.15) is 22.8 Å². The second-order valence-corrected chi connectivity index (χ2v) is 4.30. The summed E-state index contributed by atoms with van der Waals surface area (Å²) in [4.78, 5) is 14.2. The lowest BCUT2D eigenvalue weighted by molar-refractivity contribution is 0.0988. The monoisotopic (exact) mass is 265 g/mol. The van der Waals surface area contributed by atoms with Crippen LogP contribution in [0.5, 0.6) is 0 Å². The molecule has 2 rings (SSSR count). The molecule has 100 valence electrons. The third-order valence-electron chi connectivity index (χ3n) is 3.03. The van der Waals surface area contributed by atoms with Crippen LogP contribution in [0.15, 0.2) is 48.5 Å². The van der Waals surface area contributed by atoms with Gasteiger partial charge in [-0.05, 0) is 37.3 Å². The van der Waals surface area contributed by atoms with E-state index in [4.69, 9.17) is 11.0 Å². The Morgan fingerprint density at radius 1 is 1.25 bits per heavy atom. The molecule has 2 aromatic rings. The van der Waals surface area contributed by atoms with Crippen LogP contribution in [0.4, 0.5) is 11.4 Å². The number of carbonyl (C=O) groups excluding carboxylic acids is 1. The van der Waals surface area contributed by atoms with Gasteiger partial charge in [-0.25, -0.2) is 0 Å². The van der Waals surface area contributed by atoms with Crippen LogP contribution < -0.4 is 10.6 Å². The Morgan fingerprint density at radius 3 is 2.65 bits per heavy atom. The number of anilines is 2. The summed E-state index contributed by atoms with van der Waals surface area (Å²) in [5.74, 6) is -0.164. The van der Waals surface area contributed by atoms with Crippen LogP contribution in [-0.4, -0.2) is 12.5 Å². The summed E-state index contributed by atoms with van der Waals surface area (Å²) in [7, 11) is 0. The first-order valence-electron chi connectivity index (χ1n) is 6.34. The summed E-state index contributed by atoms with van der Waals surface area (Å²) < 4.78 is 0. The molecular weight excluding hydrogens is 250 g/mol. The van der Waals surface area contributed by atoms with Crippen molar-refractivity contribution in [3.8, 4) is 6.07 Å². The molecule has 2 aromatic carbocycles. The Labute approximate surface area is 118 Å². The molecule has 0 spiro atoms. The molecule has 20 heavy (non-hydrogen) atoms. The van der Waals surface area contributed by atoms with Crippen molar-refractivity contribution in [1.29, 1.82) is 5.26 Å². The van der Waals surface area contributed by atoms with Gasteiger partial charge in [0.05, 0.1) is 23.0 Å². The van der Waals surface area contributed by atoms with Crippen molar-refractivity contribution in [3.63, 3.8) is 0 Å². The maximum absolute atomic E-state index is 12.6. The second-order valence-electron chi connectivity index (χ2n) is 4.30. The van der Waals surface area contributed by atoms with Crippen LogP contribution >= 0.6 is 0 Å². The van der Waals surface area contributed by atoms with Crippen LogP contribution in [0, 0.1) is 11.3 Å². The number of nitrogens with two attached hydrogens (primary N) is 1. The molecule has 0 radical (unpaired) electrons. The fourth-order valence-electron chi connectivity index (χ4n) is 2.03. The molecule has 0 aliphatic rings. The smallest absolute Gasteiger partial charge is 0.258 e. The fraction of sp³-hybridized carbons (Fsp3) is 0.125. The normalized spacial score (nSPS) is 9.80. The predicted octanol–water partition coefficient (Wildman–Crippen LogP) is 2.81. The minimum absolute atomic E-state index is 0.164. The summed E-state index contributed by atoms with van der Waals surface area (Å²) >= 11 is 0. The minimum Gasteiger partial charge on any atom is -0.397 e. The van der Waals surface area contributed by atoms with Crippen LogP contribution in [0.25, 0.3) is 0 Å². The highest BCUT2D eigenvalue weighted by molar-refractivity contribution is 6.07. The van der Waals surface area contributed by atoms with E-state index in [1.54, 1.807) is 35.2 Å². The molecule has 0 atom stereocenters. The maximum Gasteiger partial charge on any atom is 0.258 e. The van der Waals surface area contributed by atoms with Gasteiger partial charge in [0.15, 0.2) is 0 Å². The van der Waals surface area contributed by atoms with Gasteiger partial charge in [0.1, 0.15) is 0 Å². The lowest BCUT2D eigenvalue weighted by Crippen LogP contribution is -2.31. The highest BCUT2D eigenvalue weighted by Gasteiger charge is 2.18. The van der Waals surface area contributed by atoms with E-state index in [1.165, 1.54) is 0 Å². The van der Waals surface area contributed by atoms with Gasteiger partial charge in [0, 0.05) is 12.1 Å². The maximum atomic E-state index is 12.6. The zero-order chi connectivity index (χ0) is 14.5. The van der Waals surface area contributed by atoms with E-state index in [0.29, 0.717) is 29.0 Å². The number of hydrogen-bond donors (Lipinski definition) is 1. The van der Waals surface area contributed by atoms with Gasteiger partial charge in [0.25, 0.3) is 5.91 Å². The number of nitrogens with zero attached hydrogens (tertiary/aromatic N) is 2. The van der Waals surface area contributed by atoms with Crippen LogP contribution in [-0.2, 0) is 0 Å². The standard InChI is InChI=1S/C16H15N3O/c1-2-19(15-9-4-3-8-14(15)18)16(20)13-7-5-6-12(10-13)11-17/h3-10H,2,18H2,1H3. The molecule has 0 bridgehead atoms. The van der Waals surface area contributed by atoms with Crippen LogP contribution in [0.2, 0.25) is 0 Å². The Bertz CT molecular complexity index is 673. The summed E-state index contributed by atoms with van der Waals surface area (Å²) in [5, 5.41) is 8.91. The van der Waals surface area contributed by atoms with Crippen molar-refractivity contribution < 1.29 is 4.79 Å². The highest BCUT2D eigenvalue weighted by atomic mass is 16.2. The van der Waals surface area contributed by atoms with E-state index in [2.05, 4.69) is 0 Å². The van der Waals surface area contributed by atoms with Gasteiger partial charge in [-0.2, -0.15) is 5.26 Å². The Kier molecular flexibility index (Phi) is 4.02. The Balaban J connectivity index is 2.40. The number of nitrogen functional groups attached to an aromatic ring is 1. The van der Waals surface area contributed by atoms with Gasteiger partial charge in [-0.3, -0.25) is 4.79 Å². The topological polar surface area (TPSA) is 70.1 Å². The Hall–Kier alpha value is -2.80.